The molecule has 0 spiro atoms. The molecule has 0 saturated carbocycles. The van der Waals surface area contributed by atoms with Gasteiger partial charge in [0.1, 0.15) is 17.7 Å². The fourth-order valence-electron chi connectivity index (χ4n) is 4.08. The van der Waals surface area contributed by atoms with Gasteiger partial charge in [0.15, 0.2) is 0 Å². The first-order valence-corrected chi connectivity index (χ1v) is 12.7. The molecule has 2 N–H and O–H groups in total. The molecule has 0 aliphatic carbocycles. The number of hydrazine groups is 1. The van der Waals surface area contributed by atoms with E-state index in [1.165, 1.54) is 30.6 Å². The molecule has 13 heteroatoms. The number of sulfonamides is 1. The lowest BCUT2D eigenvalue weighted by Crippen LogP contribution is -2.52. The second-order valence-corrected chi connectivity index (χ2v) is 9.77. The number of morpholine rings is 1. The summed E-state index contributed by atoms with van der Waals surface area (Å²) in [7, 11) is -3.77. The van der Waals surface area contributed by atoms with Crippen LogP contribution in [0, 0.1) is 5.82 Å². The highest BCUT2D eigenvalue weighted by atomic mass is 32.2. The lowest BCUT2D eigenvalue weighted by atomic mass is 10.1. The van der Waals surface area contributed by atoms with E-state index in [2.05, 4.69) is 30.2 Å². The number of hydrogen-bond donors (Lipinski definition) is 1. The van der Waals surface area contributed by atoms with Gasteiger partial charge in [-0.25, -0.2) is 32.9 Å². The first-order valence-electron chi connectivity index (χ1n) is 11.2. The molecule has 1 aliphatic rings. The van der Waals surface area contributed by atoms with E-state index in [9.17, 15) is 12.8 Å². The topological polar surface area (TPSA) is 140 Å². The Labute approximate surface area is 206 Å². The number of nitrogens with two attached hydrogens (primary N) is 1. The predicted molar refractivity (Wildman–Crippen MR) is 128 cm³/mol. The number of fused-ring (bicyclic) bond motifs is 1. The minimum atomic E-state index is -3.77. The third-order valence-corrected chi connectivity index (χ3v) is 6.83. The van der Waals surface area contributed by atoms with E-state index in [1.807, 2.05) is 5.01 Å². The van der Waals surface area contributed by atoms with E-state index < -0.39 is 10.0 Å². The summed E-state index contributed by atoms with van der Waals surface area (Å²) >= 11 is 0. The average molecular weight is 511 g/mol. The van der Waals surface area contributed by atoms with Crippen LogP contribution in [0.25, 0.3) is 11.2 Å². The molecule has 1 unspecified atom stereocenters. The summed E-state index contributed by atoms with van der Waals surface area (Å²) in [6.07, 6.45) is 3.48. The Morgan fingerprint density at radius 1 is 1.11 bits per heavy atom. The summed E-state index contributed by atoms with van der Waals surface area (Å²) < 4.78 is 42.5. The Kier molecular flexibility index (Phi) is 6.78. The molecule has 1 fully saturated rings. The van der Waals surface area contributed by atoms with Gasteiger partial charge in [-0.1, -0.05) is 24.3 Å². The van der Waals surface area contributed by atoms with Crippen molar-refractivity contribution in [2.45, 2.75) is 17.4 Å². The van der Waals surface area contributed by atoms with Crippen molar-refractivity contribution in [2.24, 2.45) is 5.14 Å². The number of benzene rings is 2. The Balaban J connectivity index is 1.48. The van der Waals surface area contributed by atoms with Crippen molar-refractivity contribution in [1.82, 2.24) is 30.2 Å². The van der Waals surface area contributed by atoms with E-state index >= 15 is 0 Å². The number of halogens is 1. The second-order valence-electron chi connectivity index (χ2n) is 8.21. The summed E-state index contributed by atoms with van der Waals surface area (Å²) in [5.41, 5.74) is 2.67. The number of aromatic nitrogens is 5. The van der Waals surface area contributed by atoms with Crippen molar-refractivity contribution in [2.75, 3.05) is 31.3 Å². The van der Waals surface area contributed by atoms with Gasteiger partial charge in [-0.15, -0.1) is 10.2 Å². The lowest BCUT2D eigenvalue weighted by Gasteiger charge is -2.43. The van der Waals surface area contributed by atoms with Gasteiger partial charge >= 0.3 is 0 Å². The molecule has 0 amide bonds. The minimum Gasteiger partial charge on any atom is -0.378 e. The van der Waals surface area contributed by atoms with Crippen LogP contribution in [-0.4, -0.2) is 64.9 Å². The summed E-state index contributed by atoms with van der Waals surface area (Å²) in [5.74, 6) is 0.0886. The number of hydrogen-bond acceptors (Lipinski definition) is 10. The molecule has 1 saturated heterocycles. The van der Waals surface area contributed by atoms with E-state index in [4.69, 9.17) is 9.88 Å². The van der Waals surface area contributed by atoms with Crippen LogP contribution in [0.3, 0.4) is 0 Å². The molecule has 2 aromatic heterocycles. The van der Waals surface area contributed by atoms with Gasteiger partial charge < -0.3 is 4.74 Å². The first kappa shape index (κ1) is 24.1. The Morgan fingerprint density at radius 2 is 1.89 bits per heavy atom. The van der Waals surface area contributed by atoms with E-state index in [-0.39, 0.29) is 16.8 Å². The zero-order valence-corrected chi connectivity index (χ0v) is 19.9. The standard InChI is InChI=1S/C23H23FN8O3S/c24-18-5-3-17(4-6-18)21-14-35-12-11-31(21)32(23-26-13-20-22(29-23)30-28-15-27-20)10-9-16-1-7-19(8-2-16)36(25,33)34/h1-8,13,15,21H,9-12,14H2,(H2,25,33,34). The van der Waals surface area contributed by atoms with Gasteiger partial charge in [-0.3, -0.25) is 5.01 Å². The van der Waals surface area contributed by atoms with Crippen LogP contribution in [0.4, 0.5) is 10.3 Å². The Bertz CT molecular complexity index is 1450. The van der Waals surface area contributed by atoms with Crippen LogP contribution in [0.15, 0.2) is 66.0 Å². The van der Waals surface area contributed by atoms with Gasteiger partial charge in [0.05, 0.1) is 30.3 Å². The smallest absolute Gasteiger partial charge is 0.242 e. The third-order valence-electron chi connectivity index (χ3n) is 5.90. The molecule has 0 bridgehead atoms. The molecular formula is C23H23FN8O3S. The molecular weight excluding hydrogens is 487 g/mol. The highest BCUT2D eigenvalue weighted by molar-refractivity contribution is 7.89. The molecule has 2 aromatic carbocycles. The fraction of sp³-hybridized carbons (Fsp3) is 0.261. The molecule has 0 radical (unpaired) electrons. The van der Waals surface area contributed by atoms with E-state index in [0.717, 1.165) is 11.1 Å². The summed E-state index contributed by atoms with van der Waals surface area (Å²) in [5, 5.41) is 17.1. The van der Waals surface area contributed by atoms with Gasteiger partial charge in [-0.2, -0.15) is 4.98 Å². The van der Waals surface area contributed by atoms with Crippen LogP contribution < -0.4 is 10.1 Å². The van der Waals surface area contributed by atoms with Crippen LogP contribution in [-0.2, 0) is 21.2 Å². The number of rotatable bonds is 7. The molecule has 4 aromatic rings. The molecule has 1 atom stereocenters. The average Bonchev–Trinajstić information content (AvgIpc) is 2.89. The SMILES string of the molecule is NS(=O)(=O)c1ccc(CCN(c2ncc3ncnnc3n2)N2CCOCC2c2ccc(F)cc2)cc1. The first-order chi connectivity index (χ1) is 17.4. The van der Waals surface area contributed by atoms with Crippen LogP contribution >= 0.6 is 0 Å². The fourth-order valence-corrected chi connectivity index (χ4v) is 4.59. The molecule has 36 heavy (non-hydrogen) atoms. The maximum absolute atomic E-state index is 13.6. The molecule has 1 aliphatic heterocycles. The monoisotopic (exact) mass is 510 g/mol. The number of anilines is 1. The van der Waals surface area contributed by atoms with Crippen LogP contribution in [0.2, 0.25) is 0 Å². The van der Waals surface area contributed by atoms with Crippen LogP contribution in [0.5, 0.6) is 0 Å². The van der Waals surface area contributed by atoms with Crippen molar-refractivity contribution < 1.29 is 17.5 Å². The number of ether oxygens (including phenoxy) is 1. The maximum atomic E-state index is 13.6. The lowest BCUT2D eigenvalue weighted by molar-refractivity contribution is -0.0157. The van der Waals surface area contributed by atoms with Crippen molar-refractivity contribution in [3.8, 4) is 0 Å². The van der Waals surface area contributed by atoms with Gasteiger partial charge in [0.2, 0.25) is 21.6 Å². The normalized spacial score (nSPS) is 16.8. The van der Waals surface area contributed by atoms with Crippen molar-refractivity contribution >= 4 is 27.1 Å². The zero-order valence-electron chi connectivity index (χ0n) is 19.1. The van der Waals surface area contributed by atoms with Gasteiger partial charge in [-0.05, 0) is 41.8 Å². The van der Waals surface area contributed by atoms with Gasteiger partial charge in [0, 0.05) is 13.1 Å². The van der Waals surface area contributed by atoms with Gasteiger partial charge in [0.25, 0.3) is 0 Å². The Morgan fingerprint density at radius 3 is 2.64 bits per heavy atom. The van der Waals surface area contributed by atoms with Crippen molar-refractivity contribution in [3.05, 3.63) is 78.0 Å². The summed E-state index contributed by atoms with van der Waals surface area (Å²) in [4.78, 5) is 13.3. The van der Waals surface area contributed by atoms with Crippen molar-refractivity contribution in [1.29, 1.82) is 0 Å². The van der Waals surface area contributed by atoms with Crippen molar-refractivity contribution in [3.63, 3.8) is 0 Å². The molecule has 186 valence electrons. The summed E-state index contributed by atoms with van der Waals surface area (Å²) in [6, 6.07) is 12.5. The molecule has 3 heterocycles. The highest BCUT2D eigenvalue weighted by Crippen LogP contribution is 2.28. The largest absolute Gasteiger partial charge is 0.378 e. The predicted octanol–water partition coefficient (Wildman–Crippen LogP) is 1.64. The zero-order chi connectivity index (χ0) is 25.1. The van der Waals surface area contributed by atoms with Crippen LogP contribution in [0.1, 0.15) is 17.2 Å². The number of nitrogens with zero attached hydrogens (tertiary/aromatic N) is 7. The highest BCUT2D eigenvalue weighted by Gasteiger charge is 2.31. The Hall–Kier alpha value is -3.65. The molecule has 11 nitrogen and oxygen atoms in total. The third kappa shape index (κ3) is 5.28. The maximum Gasteiger partial charge on any atom is 0.242 e. The summed E-state index contributed by atoms with van der Waals surface area (Å²) in [6.45, 7) is 1.91. The van der Waals surface area contributed by atoms with E-state index in [0.29, 0.717) is 49.8 Å². The quantitative estimate of drug-likeness (QED) is 0.390. The second kappa shape index (κ2) is 10.1. The molecule has 5 rings (SSSR count). The minimum absolute atomic E-state index is 0.0524. The number of primary sulfonamides is 1. The van der Waals surface area contributed by atoms with E-state index in [1.54, 1.807) is 30.5 Å².